The minimum absolute atomic E-state index is 0.0138. The summed E-state index contributed by atoms with van der Waals surface area (Å²) in [6.45, 7) is 4.32. The van der Waals surface area contributed by atoms with E-state index in [1.807, 2.05) is 19.2 Å². The molecule has 3 rings (SSSR count). The number of likely N-dealkylation sites (tertiary alicyclic amines) is 1. The predicted molar refractivity (Wildman–Crippen MR) is 145 cm³/mol. The second-order valence-corrected chi connectivity index (χ2v) is 10.4. The van der Waals surface area contributed by atoms with Gasteiger partial charge in [-0.15, -0.1) is 0 Å². The van der Waals surface area contributed by atoms with Crippen molar-refractivity contribution in [3.8, 4) is 6.07 Å². The number of nitro benzene ring substituents is 1. The summed E-state index contributed by atoms with van der Waals surface area (Å²) in [5.74, 6) is -0.404. The van der Waals surface area contributed by atoms with Crippen LogP contribution in [-0.2, 0) is 32.1 Å². The number of nitro groups is 1. The van der Waals surface area contributed by atoms with E-state index in [0.717, 1.165) is 37.2 Å². The van der Waals surface area contributed by atoms with Gasteiger partial charge in [-0.25, -0.2) is 4.79 Å². The van der Waals surface area contributed by atoms with Gasteiger partial charge >= 0.3 is 12.1 Å². The summed E-state index contributed by atoms with van der Waals surface area (Å²) in [5.41, 5.74) is 2.45. The number of rotatable bonds is 14. The van der Waals surface area contributed by atoms with Crippen LogP contribution in [0.1, 0.15) is 48.8 Å². The second kappa shape index (κ2) is 15.5. The molecule has 0 bridgehead atoms. The minimum atomic E-state index is -0.925. The van der Waals surface area contributed by atoms with Crippen molar-refractivity contribution >= 4 is 17.8 Å². The molecule has 0 saturated carbocycles. The van der Waals surface area contributed by atoms with Gasteiger partial charge in [0.15, 0.2) is 0 Å². The van der Waals surface area contributed by atoms with Crippen molar-refractivity contribution in [1.82, 2.24) is 0 Å². The SMILES string of the molecule is C[N+](CCOC(=O)OCOC(=O)CCC[NH+]1CCCCC1)(Cc1ccc(C#N)cc1)Cc1ccc([N+](=O)[O-])cc1. The first-order valence-electron chi connectivity index (χ1n) is 13.6. The molecule has 11 nitrogen and oxygen atoms in total. The minimum Gasteiger partial charge on any atom is -0.428 e. The fraction of sp³-hybridized carbons (Fsp3) is 0.483. The lowest BCUT2D eigenvalue weighted by molar-refractivity contribution is -0.935. The summed E-state index contributed by atoms with van der Waals surface area (Å²) < 4.78 is 15.6. The Kier molecular flexibility index (Phi) is 11.9. The molecule has 2 aromatic rings. The number of likely N-dealkylation sites (N-methyl/N-ethyl adjacent to an activating group) is 1. The third-order valence-corrected chi connectivity index (χ3v) is 7.08. The summed E-state index contributed by atoms with van der Waals surface area (Å²) in [5, 5.41) is 20.1. The Balaban J connectivity index is 1.45. The van der Waals surface area contributed by atoms with E-state index in [4.69, 9.17) is 19.5 Å². The molecule has 1 saturated heterocycles. The number of nitriles is 1. The molecule has 1 atom stereocenters. The van der Waals surface area contributed by atoms with Gasteiger partial charge in [0.25, 0.3) is 5.69 Å². The van der Waals surface area contributed by atoms with E-state index in [1.165, 1.54) is 36.3 Å². The number of nitrogens with zero attached hydrogens (tertiary/aromatic N) is 3. The van der Waals surface area contributed by atoms with Crippen molar-refractivity contribution in [2.24, 2.45) is 0 Å². The summed E-state index contributed by atoms with van der Waals surface area (Å²) in [4.78, 5) is 36.1. The number of nitrogens with one attached hydrogen (secondary N) is 1. The maximum absolute atomic E-state index is 12.1. The van der Waals surface area contributed by atoms with Crippen molar-refractivity contribution in [1.29, 1.82) is 5.26 Å². The van der Waals surface area contributed by atoms with Gasteiger partial charge in [-0.3, -0.25) is 14.9 Å². The van der Waals surface area contributed by atoms with Crippen LogP contribution in [0.5, 0.6) is 0 Å². The van der Waals surface area contributed by atoms with Crippen LogP contribution in [0.15, 0.2) is 48.5 Å². The molecule has 11 heteroatoms. The summed E-state index contributed by atoms with van der Waals surface area (Å²) in [7, 11) is 1.99. The Bertz CT molecular complexity index is 1160. The molecule has 214 valence electrons. The van der Waals surface area contributed by atoms with Crippen LogP contribution in [0.4, 0.5) is 10.5 Å². The molecule has 40 heavy (non-hydrogen) atoms. The molecule has 0 amide bonds. The standard InChI is InChI=1S/C29H37N4O7/c1-33(21-25-9-7-24(20-30)8-10-25,22-26-11-13-27(14-12-26)32(36)37)18-19-38-29(35)40-23-39-28(34)6-5-17-31-15-3-2-4-16-31/h7-14H,2-6,15-19,21-23H2,1H3/q+1/p+1. The highest BCUT2D eigenvalue weighted by atomic mass is 16.8. The van der Waals surface area contributed by atoms with E-state index >= 15 is 0 Å². The average molecular weight is 555 g/mol. The van der Waals surface area contributed by atoms with Crippen molar-refractivity contribution in [3.05, 3.63) is 75.3 Å². The maximum atomic E-state index is 12.1. The third kappa shape index (κ3) is 10.6. The number of non-ortho nitro benzene ring substituents is 1. The molecule has 1 aliphatic rings. The van der Waals surface area contributed by atoms with Gasteiger partial charge in [-0.2, -0.15) is 5.26 Å². The van der Waals surface area contributed by atoms with Crippen LogP contribution in [0.3, 0.4) is 0 Å². The number of quaternary nitrogens is 2. The molecular weight excluding hydrogens is 516 g/mol. The summed E-state index contributed by atoms with van der Waals surface area (Å²) in [6.07, 6.45) is 3.86. The van der Waals surface area contributed by atoms with E-state index in [-0.39, 0.29) is 18.7 Å². The lowest BCUT2D eigenvalue weighted by atomic mass is 10.1. The van der Waals surface area contributed by atoms with Gasteiger partial charge in [-0.05, 0) is 43.5 Å². The fourth-order valence-electron chi connectivity index (χ4n) is 4.89. The predicted octanol–water partition coefficient (Wildman–Crippen LogP) is 3.12. The number of hydrogen-bond acceptors (Lipinski definition) is 8. The number of hydrogen-bond donors (Lipinski definition) is 1. The molecule has 0 radical (unpaired) electrons. The van der Waals surface area contributed by atoms with Crippen molar-refractivity contribution in [3.63, 3.8) is 0 Å². The van der Waals surface area contributed by atoms with E-state index in [9.17, 15) is 19.7 Å². The van der Waals surface area contributed by atoms with Crippen LogP contribution in [-0.4, -0.2) is 68.2 Å². The van der Waals surface area contributed by atoms with Crippen LogP contribution >= 0.6 is 0 Å². The molecule has 2 aromatic carbocycles. The van der Waals surface area contributed by atoms with Gasteiger partial charge < -0.3 is 23.6 Å². The number of esters is 1. The van der Waals surface area contributed by atoms with Crippen molar-refractivity contribution in [2.75, 3.05) is 46.6 Å². The monoisotopic (exact) mass is 554 g/mol. The Labute approximate surface area is 234 Å². The Hall–Kier alpha value is -4.01. The van der Waals surface area contributed by atoms with Crippen LogP contribution < -0.4 is 4.90 Å². The molecule has 0 aliphatic carbocycles. The van der Waals surface area contributed by atoms with Crippen LogP contribution in [0, 0.1) is 21.4 Å². The van der Waals surface area contributed by atoms with E-state index in [2.05, 4.69) is 6.07 Å². The Morgan fingerprint density at radius 2 is 1.60 bits per heavy atom. The molecule has 1 unspecified atom stereocenters. The number of ether oxygens (including phenoxy) is 3. The van der Waals surface area contributed by atoms with E-state index in [1.54, 1.807) is 24.3 Å². The largest absolute Gasteiger partial charge is 0.511 e. The summed E-state index contributed by atoms with van der Waals surface area (Å²) in [6, 6.07) is 15.7. The third-order valence-electron chi connectivity index (χ3n) is 7.08. The molecule has 1 heterocycles. The molecule has 0 spiro atoms. The van der Waals surface area contributed by atoms with Crippen molar-refractivity contribution < 1.29 is 38.1 Å². The van der Waals surface area contributed by atoms with Crippen LogP contribution in [0.2, 0.25) is 0 Å². The molecule has 1 N–H and O–H groups in total. The molecule has 0 aromatic heterocycles. The summed E-state index contributed by atoms with van der Waals surface area (Å²) >= 11 is 0. The van der Waals surface area contributed by atoms with Gasteiger partial charge in [0, 0.05) is 29.7 Å². The lowest BCUT2D eigenvalue weighted by Gasteiger charge is -2.34. The van der Waals surface area contributed by atoms with E-state index in [0.29, 0.717) is 29.7 Å². The van der Waals surface area contributed by atoms with Gasteiger partial charge in [-0.1, -0.05) is 12.1 Å². The highest BCUT2D eigenvalue weighted by molar-refractivity contribution is 5.69. The zero-order valence-electron chi connectivity index (χ0n) is 23.0. The molecule has 1 aliphatic heterocycles. The van der Waals surface area contributed by atoms with Gasteiger partial charge in [0.2, 0.25) is 6.79 Å². The van der Waals surface area contributed by atoms with Crippen LogP contribution in [0.25, 0.3) is 0 Å². The molecular formula is C29H38N4O7+2. The van der Waals surface area contributed by atoms with Crippen molar-refractivity contribution in [2.45, 2.75) is 45.2 Å². The lowest BCUT2D eigenvalue weighted by Crippen LogP contribution is -3.12. The quantitative estimate of drug-likeness (QED) is 0.124. The zero-order chi connectivity index (χ0) is 28.8. The maximum Gasteiger partial charge on any atom is 0.511 e. The number of benzene rings is 2. The smallest absolute Gasteiger partial charge is 0.428 e. The van der Waals surface area contributed by atoms with Gasteiger partial charge in [0.05, 0.1) is 49.7 Å². The highest BCUT2D eigenvalue weighted by Gasteiger charge is 2.24. The number of carbonyl (C=O) groups excluding carboxylic acids is 2. The highest BCUT2D eigenvalue weighted by Crippen LogP contribution is 2.20. The first kappa shape index (κ1) is 30.5. The number of carbonyl (C=O) groups is 2. The topological polar surface area (TPSA) is 133 Å². The number of piperidine rings is 1. The Morgan fingerprint density at radius 3 is 2.20 bits per heavy atom. The van der Waals surface area contributed by atoms with E-state index < -0.39 is 23.8 Å². The fourth-order valence-corrected chi connectivity index (χ4v) is 4.89. The molecule has 1 fully saturated rings. The average Bonchev–Trinajstić information content (AvgIpc) is 2.94. The normalized spacial score (nSPS) is 14.9. The first-order chi connectivity index (χ1) is 19.3. The van der Waals surface area contributed by atoms with Gasteiger partial charge in [0.1, 0.15) is 26.2 Å². The second-order valence-electron chi connectivity index (χ2n) is 10.4. The first-order valence-corrected chi connectivity index (χ1v) is 13.6. The Morgan fingerprint density at radius 1 is 0.975 bits per heavy atom. The zero-order valence-corrected chi connectivity index (χ0v) is 23.0.